The molecule has 1 aromatic carbocycles. The number of aromatic nitrogens is 4. The number of para-hydroxylation sites is 1. The van der Waals surface area contributed by atoms with E-state index in [9.17, 15) is 0 Å². The second-order valence-electron chi connectivity index (χ2n) is 4.49. The molecule has 21 heavy (non-hydrogen) atoms. The van der Waals surface area contributed by atoms with Crippen molar-refractivity contribution in [1.29, 1.82) is 0 Å². The minimum Gasteiger partial charge on any atom is -0.416 e. The number of nitrogens with zero attached hydrogens (tertiary/aromatic N) is 4. The van der Waals surface area contributed by atoms with Gasteiger partial charge in [0, 0.05) is 18.9 Å². The van der Waals surface area contributed by atoms with Crippen molar-refractivity contribution in [3.8, 4) is 0 Å². The molecule has 6 nitrogen and oxygen atoms in total. The van der Waals surface area contributed by atoms with Crippen molar-refractivity contribution in [2.75, 3.05) is 11.9 Å². The Kier molecular flexibility index (Phi) is 4.01. The van der Waals surface area contributed by atoms with E-state index in [-0.39, 0.29) is 0 Å². The van der Waals surface area contributed by atoms with Crippen LogP contribution in [0, 0.1) is 6.92 Å². The molecule has 3 rings (SSSR count). The summed E-state index contributed by atoms with van der Waals surface area (Å²) in [5, 5.41) is 13.3. The quantitative estimate of drug-likeness (QED) is 0.724. The second-order valence-corrected chi connectivity index (χ2v) is 5.43. The first-order valence-electron chi connectivity index (χ1n) is 6.75. The predicted octanol–water partition coefficient (Wildman–Crippen LogP) is 3.29. The van der Waals surface area contributed by atoms with E-state index in [0.717, 1.165) is 28.9 Å². The van der Waals surface area contributed by atoms with Gasteiger partial charge in [-0.2, -0.15) is 0 Å². The highest BCUT2D eigenvalue weighted by atomic mass is 32.2. The third-order valence-corrected chi connectivity index (χ3v) is 3.64. The van der Waals surface area contributed by atoms with Crippen LogP contribution in [0.3, 0.4) is 0 Å². The molecule has 0 bridgehead atoms. The van der Waals surface area contributed by atoms with Gasteiger partial charge in [-0.1, -0.05) is 25.1 Å². The molecule has 0 aliphatic carbocycles. The maximum atomic E-state index is 5.42. The van der Waals surface area contributed by atoms with E-state index in [1.165, 1.54) is 11.8 Å². The molecule has 108 valence electrons. The molecule has 0 fully saturated rings. The van der Waals surface area contributed by atoms with Crippen LogP contribution in [-0.4, -0.2) is 26.7 Å². The third-order valence-electron chi connectivity index (χ3n) is 2.79. The first kappa shape index (κ1) is 13.8. The predicted molar refractivity (Wildman–Crippen MR) is 81.5 cm³/mol. The Morgan fingerprint density at radius 3 is 2.81 bits per heavy atom. The van der Waals surface area contributed by atoms with Crippen LogP contribution >= 0.6 is 11.8 Å². The van der Waals surface area contributed by atoms with Gasteiger partial charge in [-0.3, -0.25) is 0 Å². The molecule has 0 saturated heterocycles. The minimum atomic E-state index is 0.484. The number of aryl methyl sites for hydroxylation is 1. The van der Waals surface area contributed by atoms with Gasteiger partial charge in [-0.05, 0) is 24.2 Å². The Bertz CT molecular complexity index is 758. The molecule has 0 aliphatic heterocycles. The topological polar surface area (TPSA) is 76.7 Å². The maximum absolute atomic E-state index is 5.42. The van der Waals surface area contributed by atoms with Crippen molar-refractivity contribution in [2.24, 2.45) is 0 Å². The van der Waals surface area contributed by atoms with Crippen molar-refractivity contribution in [1.82, 2.24) is 20.2 Å². The molecule has 0 unspecified atom stereocenters. The van der Waals surface area contributed by atoms with E-state index in [1.54, 1.807) is 6.92 Å². The minimum absolute atomic E-state index is 0.484. The summed E-state index contributed by atoms with van der Waals surface area (Å²) in [6.45, 7) is 4.70. The van der Waals surface area contributed by atoms with Gasteiger partial charge >= 0.3 is 0 Å². The summed E-state index contributed by atoms with van der Waals surface area (Å²) in [4.78, 5) is 9.07. The fraction of sp³-hybridized carbons (Fsp3) is 0.286. The highest BCUT2D eigenvalue weighted by molar-refractivity contribution is 7.99. The van der Waals surface area contributed by atoms with Crippen LogP contribution in [0.15, 0.2) is 38.9 Å². The van der Waals surface area contributed by atoms with Crippen LogP contribution < -0.4 is 5.32 Å². The molecule has 1 N–H and O–H groups in total. The largest absolute Gasteiger partial charge is 0.416 e. The smallest absolute Gasteiger partial charge is 0.282 e. The van der Waals surface area contributed by atoms with Gasteiger partial charge in [-0.25, -0.2) is 9.97 Å². The molecule has 3 aromatic rings. The number of benzene rings is 1. The summed E-state index contributed by atoms with van der Waals surface area (Å²) >= 11 is 1.35. The van der Waals surface area contributed by atoms with Crippen LogP contribution in [0.25, 0.3) is 10.9 Å². The highest BCUT2D eigenvalue weighted by Gasteiger charge is 2.12. The van der Waals surface area contributed by atoms with Gasteiger partial charge in [0.15, 0.2) is 0 Å². The van der Waals surface area contributed by atoms with Crippen molar-refractivity contribution in [3.05, 3.63) is 30.2 Å². The van der Waals surface area contributed by atoms with E-state index >= 15 is 0 Å². The fourth-order valence-electron chi connectivity index (χ4n) is 1.84. The van der Waals surface area contributed by atoms with Crippen molar-refractivity contribution < 1.29 is 4.42 Å². The summed E-state index contributed by atoms with van der Waals surface area (Å²) in [6, 6.07) is 7.89. The zero-order valence-electron chi connectivity index (χ0n) is 11.8. The zero-order valence-corrected chi connectivity index (χ0v) is 12.6. The number of rotatable bonds is 5. The van der Waals surface area contributed by atoms with Crippen molar-refractivity contribution >= 4 is 28.6 Å². The van der Waals surface area contributed by atoms with Gasteiger partial charge < -0.3 is 9.73 Å². The lowest BCUT2D eigenvalue weighted by Crippen LogP contribution is -2.05. The van der Waals surface area contributed by atoms with Crippen LogP contribution in [0.5, 0.6) is 0 Å². The number of hydrogen-bond acceptors (Lipinski definition) is 7. The van der Waals surface area contributed by atoms with Crippen LogP contribution in [0.1, 0.15) is 19.2 Å². The lowest BCUT2D eigenvalue weighted by molar-refractivity contribution is 0.429. The lowest BCUT2D eigenvalue weighted by atomic mass is 10.2. The monoisotopic (exact) mass is 301 g/mol. The molecule has 0 spiro atoms. The molecule has 0 radical (unpaired) electrons. The van der Waals surface area contributed by atoms with Crippen LogP contribution in [0.4, 0.5) is 5.95 Å². The SMILES string of the molecule is CCCNc1nc(Sc2nnc(C)o2)c2ccccc2n1. The van der Waals surface area contributed by atoms with Crippen molar-refractivity contribution in [2.45, 2.75) is 30.5 Å². The fourth-order valence-corrected chi connectivity index (χ4v) is 2.67. The van der Waals surface area contributed by atoms with E-state index in [0.29, 0.717) is 17.1 Å². The molecular formula is C14H15N5OS. The Balaban J connectivity index is 2.01. The molecule has 2 aromatic heterocycles. The molecular weight excluding hydrogens is 286 g/mol. The summed E-state index contributed by atoms with van der Waals surface area (Å²) in [6.07, 6.45) is 1.02. The van der Waals surface area contributed by atoms with E-state index in [1.807, 2.05) is 24.3 Å². The van der Waals surface area contributed by atoms with Gasteiger partial charge in [-0.15, -0.1) is 10.2 Å². The van der Waals surface area contributed by atoms with Gasteiger partial charge in [0.05, 0.1) is 5.52 Å². The van der Waals surface area contributed by atoms with Gasteiger partial charge in [0.1, 0.15) is 5.03 Å². The summed E-state index contributed by atoms with van der Waals surface area (Å²) in [5.41, 5.74) is 0.893. The normalized spacial score (nSPS) is 11.0. The standard InChI is InChI=1S/C14H15N5OS/c1-3-8-15-13-16-11-7-5-4-6-10(11)12(17-13)21-14-19-18-9(2)20-14/h4-7H,3,8H2,1-2H3,(H,15,16,17). The number of fused-ring (bicyclic) bond motifs is 1. The Morgan fingerprint density at radius 1 is 1.19 bits per heavy atom. The number of anilines is 1. The molecule has 7 heteroatoms. The molecule has 0 amide bonds. The number of nitrogens with one attached hydrogen (secondary N) is 1. The highest BCUT2D eigenvalue weighted by Crippen LogP contribution is 2.31. The molecule has 0 atom stereocenters. The molecule has 0 saturated carbocycles. The third kappa shape index (κ3) is 3.13. The van der Waals surface area contributed by atoms with Crippen LogP contribution in [0.2, 0.25) is 0 Å². The Morgan fingerprint density at radius 2 is 2.05 bits per heavy atom. The number of hydrogen-bond donors (Lipinski definition) is 1. The molecule has 0 aliphatic rings. The second kappa shape index (κ2) is 6.09. The van der Waals surface area contributed by atoms with Gasteiger partial charge in [0.2, 0.25) is 11.8 Å². The van der Waals surface area contributed by atoms with E-state index in [2.05, 4.69) is 32.4 Å². The van der Waals surface area contributed by atoms with Crippen molar-refractivity contribution in [3.63, 3.8) is 0 Å². The first-order chi connectivity index (χ1) is 10.3. The summed E-state index contributed by atoms with van der Waals surface area (Å²) < 4.78 is 5.42. The van der Waals surface area contributed by atoms with E-state index in [4.69, 9.17) is 4.42 Å². The lowest BCUT2D eigenvalue weighted by Gasteiger charge is -2.07. The first-order valence-corrected chi connectivity index (χ1v) is 7.56. The Labute approximate surface area is 126 Å². The summed E-state index contributed by atoms with van der Waals surface area (Å²) in [5.74, 6) is 1.16. The average molecular weight is 301 g/mol. The maximum Gasteiger partial charge on any atom is 0.282 e. The molecule has 2 heterocycles. The Hall–Kier alpha value is -2.15. The van der Waals surface area contributed by atoms with E-state index < -0.39 is 0 Å². The average Bonchev–Trinajstić information content (AvgIpc) is 2.90. The van der Waals surface area contributed by atoms with Gasteiger partial charge in [0.25, 0.3) is 5.22 Å². The summed E-state index contributed by atoms with van der Waals surface area (Å²) in [7, 11) is 0. The van der Waals surface area contributed by atoms with Crippen LogP contribution in [-0.2, 0) is 0 Å². The zero-order chi connectivity index (χ0) is 14.7.